The number of aromatic amines is 1. The second kappa shape index (κ2) is 8.17. The quantitative estimate of drug-likeness (QED) is 0.440. The van der Waals surface area contributed by atoms with Gasteiger partial charge in [0.15, 0.2) is 17.0 Å². The third-order valence-electron chi connectivity index (χ3n) is 4.79. The van der Waals surface area contributed by atoms with Crippen LogP contribution in [0.25, 0.3) is 22.6 Å². The molecule has 3 heterocycles. The van der Waals surface area contributed by atoms with Gasteiger partial charge in [0.2, 0.25) is 0 Å². The maximum Gasteiger partial charge on any atom is 0.416 e. The third kappa shape index (κ3) is 4.12. The van der Waals surface area contributed by atoms with E-state index in [4.69, 9.17) is 0 Å². The molecule has 0 fully saturated rings. The molecule has 168 valence electrons. The van der Waals surface area contributed by atoms with Crippen molar-refractivity contribution in [1.29, 1.82) is 0 Å². The lowest BCUT2D eigenvalue weighted by atomic mass is 10.1. The molecule has 32 heavy (non-hydrogen) atoms. The van der Waals surface area contributed by atoms with Gasteiger partial charge in [0, 0.05) is 12.7 Å². The van der Waals surface area contributed by atoms with Gasteiger partial charge in [-0.2, -0.15) is 18.3 Å². The minimum atomic E-state index is -4.45. The molecule has 0 saturated carbocycles. The lowest BCUT2D eigenvalue weighted by molar-refractivity contribution is -0.137. The lowest BCUT2D eigenvalue weighted by Crippen LogP contribution is -2.25. The van der Waals surface area contributed by atoms with Crippen LogP contribution in [0.15, 0.2) is 41.5 Å². The van der Waals surface area contributed by atoms with Crippen molar-refractivity contribution in [2.45, 2.75) is 39.0 Å². The Kier molecular flexibility index (Phi) is 5.53. The molecule has 4 aromatic rings. The average Bonchev–Trinajstić information content (AvgIpc) is 3.36. The fourth-order valence-electron chi connectivity index (χ4n) is 3.35. The molecule has 1 aromatic carbocycles. The fourth-order valence-corrected chi connectivity index (χ4v) is 3.35. The number of nitrogens with one attached hydrogen (secondary N) is 1. The van der Waals surface area contributed by atoms with Crippen molar-refractivity contribution in [2.24, 2.45) is 0 Å². The summed E-state index contributed by atoms with van der Waals surface area (Å²) in [5.41, 5.74) is -0.743. The highest BCUT2D eigenvalue weighted by Gasteiger charge is 2.30. The van der Waals surface area contributed by atoms with Crippen molar-refractivity contribution in [3.8, 4) is 11.4 Å². The first-order valence-electron chi connectivity index (χ1n) is 9.65. The van der Waals surface area contributed by atoms with Gasteiger partial charge in [-0.3, -0.25) is 14.0 Å². The van der Waals surface area contributed by atoms with Crippen LogP contribution in [0.2, 0.25) is 0 Å². The van der Waals surface area contributed by atoms with Gasteiger partial charge in [0.25, 0.3) is 12.0 Å². The number of nitrogens with zero attached hydrogens (tertiary/aromatic N) is 5. The minimum absolute atomic E-state index is 0.0107. The van der Waals surface area contributed by atoms with E-state index in [0.717, 1.165) is 16.7 Å². The fraction of sp³-hybridized carbons (Fsp3) is 0.300. The van der Waals surface area contributed by atoms with Crippen molar-refractivity contribution in [3.05, 3.63) is 64.0 Å². The van der Waals surface area contributed by atoms with Gasteiger partial charge >= 0.3 is 6.18 Å². The topological polar surface area (TPSA) is 81.4 Å². The first-order valence-corrected chi connectivity index (χ1v) is 9.65. The van der Waals surface area contributed by atoms with E-state index in [9.17, 15) is 26.7 Å². The standard InChI is InChI=1S/C20H17F5N6O/c1-2-6-31-18(15(21)22)29-17-14(19(31)32)27-16(28-17)12-8-26-30(10-12)9-11-4-3-5-13(7-11)20(23,24)25/h3-5,7-8,10,15H,2,6,9H2,1H3,(H,27,28). The summed E-state index contributed by atoms with van der Waals surface area (Å²) < 4.78 is 67.8. The molecule has 1 N–H and O–H groups in total. The van der Waals surface area contributed by atoms with Crippen LogP contribution in [-0.2, 0) is 19.3 Å². The molecule has 0 aliphatic rings. The number of rotatable bonds is 6. The van der Waals surface area contributed by atoms with Crippen molar-refractivity contribution in [1.82, 2.24) is 29.3 Å². The Labute approximate surface area is 177 Å². The number of hydrogen-bond donors (Lipinski definition) is 1. The predicted molar refractivity (Wildman–Crippen MR) is 105 cm³/mol. The summed E-state index contributed by atoms with van der Waals surface area (Å²) in [6, 6.07) is 4.88. The van der Waals surface area contributed by atoms with E-state index in [0.29, 0.717) is 17.5 Å². The van der Waals surface area contributed by atoms with Crippen molar-refractivity contribution < 1.29 is 22.0 Å². The number of alkyl halides is 5. The molecule has 0 radical (unpaired) electrons. The summed E-state index contributed by atoms with van der Waals surface area (Å²) in [6.45, 7) is 1.91. The SMILES string of the molecule is CCCn1c(C(F)F)nc2nc(-c3cnn(Cc4cccc(C(F)(F)F)c4)c3)[nH]c2c1=O. The highest BCUT2D eigenvalue weighted by molar-refractivity contribution is 5.74. The summed E-state index contributed by atoms with van der Waals surface area (Å²) >= 11 is 0. The van der Waals surface area contributed by atoms with E-state index >= 15 is 0 Å². The molecule has 0 spiro atoms. The van der Waals surface area contributed by atoms with E-state index < -0.39 is 29.5 Å². The Morgan fingerprint density at radius 2 is 1.97 bits per heavy atom. The second-order valence-electron chi connectivity index (χ2n) is 7.14. The zero-order valence-corrected chi connectivity index (χ0v) is 16.7. The molecule has 4 rings (SSSR count). The van der Waals surface area contributed by atoms with Crippen LogP contribution in [0.3, 0.4) is 0 Å². The maximum atomic E-state index is 13.4. The molecule has 0 bridgehead atoms. The number of fused-ring (bicyclic) bond motifs is 1. The van der Waals surface area contributed by atoms with Crippen LogP contribution >= 0.6 is 0 Å². The van der Waals surface area contributed by atoms with Gasteiger partial charge in [-0.25, -0.2) is 18.7 Å². The van der Waals surface area contributed by atoms with E-state index in [1.807, 2.05) is 0 Å². The highest BCUT2D eigenvalue weighted by atomic mass is 19.4. The zero-order chi connectivity index (χ0) is 23.0. The molecule has 0 atom stereocenters. The van der Waals surface area contributed by atoms with Crippen LogP contribution in [0, 0.1) is 0 Å². The highest BCUT2D eigenvalue weighted by Crippen LogP contribution is 2.29. The zero-order valence-electron chi connectivity index (χ0n) is 16.7. The molecule has 12 heteroatoms. The van der Waals surface area contributed by atoms with E-state index in [-0.39, 0.29) is 30.1 Å². The minimum Gasteiger partial charge on any atom is -0.332 e. The molecule has 7 nitrogen and oxygen atoms in total. The Balaban J connectivity index is 1.66. The maximum absolute atomic E-state index is 13.4. The Morgan fingerprint density at radius 1 is 1.19 bits per heavy atom. The summed E-state index contributed by atoms with van der Waals surface area (Å²) in [4.78, 5) is 23.4. The van der Waals surface area contributed by atoms with Crippen molar-refractivity contribution in [3.63, 3.8) is 0 Å². The van der Waals surface area contributed by atoms with E-state index in [1.165, 1.54) is 23.1 Å². The summed E-state index contributed by atoms with van der Waals surface area (Å²) in [5.74, 6) is -0.461. The van der Waals surface area contributed by atoms with Gasteiger partial charge < -0.3 is 4.98 Å². The second-order valence-corrected chi connectivity index (χ2v) is 7.14. The first kappa shape index (κ1) is 21.7. The first-order chi connectivity index (χ1) is 15.2. The molecule has 3 aromatic heterocycles. The van der Waals surface area contributed by atoms with Gasteiger partial charge in [-0.15, -0.1) is 0 Å². The Bertz CT molecular complexity index is 1320. The van der Waals surface area contributed by atoms with Gasteiger partial charge in [-0.05, 0) is 24.1 Å². The number of halogens is 5. The van der Waals surface area contributed by atoms with Crippen molar-refractivity contribution in [2.75, 3.05) is 0 Å². The van der Waals surface area contributed by atoms with Crippen LogP contribution in [0.1, 0.15) is 36.7 Å². The van der Waals surface area contributed by atoms with Crippen LogP contribution in [-0.4, -0.2) is 29.3 Å². The number of imidazole rings is 1. The number of H-pyrrole nitrogens is 1. The molecular weight excluding hydrogens is 435 g/mol. The molecule has 0 unspecified atom stereocenters. The van der Waals surface area contributed by atoms with Gasteiger partial charge in [0.1, 0.15) is 5.82 Å². The largest absolute Gasteiger partial charge is 0.416 e. The summed E-state index contributed by atoms with van der Waals surface area (Å²) in [7, 11) is 0. The normalized spacial score (nSPS) is 12.2. The number of aromatic nitrogens is 6. The van der Waals surface area contributed by atoms with Gasteiger partial charge in [-0.1, -0.05) is 19.1 Å². The van der Waals surface area contributed by atoms with Crippen molar-refractivity contribution >= 4 is 11.2 Å². The number of hydrogen-bond acceptors (Lipinski definition) is 4. The lowest BCUT2D eigenvalue weighted by Gasteiger charge is -2.09. The summed E-state index contributed by atoms with van der Waals surface area (Å²) in [6.07, 6.45) is -3.99. The van der Waals surface area contributed by atoms with Crippen LogP contribution in [0.5, 0.6) is 0 Å². The third-order valence-corrected chi connectivity index (χ3v) is 4.79. The molecule has 0 aliphatic heterocycles. The predicted octanol–water partition coefficient (Wildman–Crippen LogP) is 4.40. The Morgan fingerprint density at radius 3 is 2.66 bits per heavy atom. The smallest absolute Gasteiger partial charge is 0.332 e. The molecule has 0 saturated heterocycles. The van der Waals surface area contributed by atoms with E-state index in [1.54, 1.807) is 13.0 Å². The monoisotopic (exact) mass is 452 g/mol. The molecule has 0 aliphatic carbocycles. The summed E-state index contributed by atoms with van der Waals surface area (Å²) in [5, 5.41) is 4.12. The van der Waals surface area contributed by atoms with Crippen LogP contribution in [0.4, 0.5) is 22.0 Å². The Hall–Kier alpha value is -3.57. The van der Waals surface area contributed by atoms with Crippen LogP contribution < -0.4 is 5.56 Å². The average molecular weight is 452 g/mol. The van der Waals surface area contributed by atoms with Gasteiger partial charge in [0.05, 0.1) is 23.9 Å². The number of benzene rings is 1. The van der Waals surface area contributed by atoms with E-state index in [2.05, 4.69) is 20.1 Å². The molecular formula is C20H17F5N6O. The molecule has 0 amide bonds.